The second kappa shape index (κ2) is 14.0. The molecule has 3 rings (SSSR count). The van der Waals surface area contributed by atoms with Crippen LogP contribution in [0.3, 0.4) is 0 Å². The van der Waals surface area contributed by atoms with Crippen molar-refractivity contribution in [1.82, 2.24) is 9.99 Å². The summed E-state index contributed by atoms with van der Waals surface area (Å²) in [5, 5.41) is 14.0. The van der Waals surface area contributed by atoms with Crippen LogP contribution < -0.4 is 10.1 Å². The van der Waals surface area contributed by atoms with Gasteiger partial charge in [0.05, 0.1) is 25.1 Å². The molecule has 208 valence electrons. The van der Waals surface area contributed by atoms with Crippen LogP contribution in [0.25, 0.3) is 0 Å². The van der Waals surface area contributed by atoms with E-state index in [1.807, 2.05) is 93.0 Å². The zero-order valence-corrected chi connectivity index (χ0v) is 24.9. The summed E-state index contributed by atoms with van der Waals surface area (Å²) in [6.45, 7) is 10.3. The Bertz CT molecular complexity index is 1140. The summed E-state index contributed by atoms with van der Waals surface area (Å²) in [6.07, 6.45) is 1.34. The third-order valence-corrected chi connectivity index (χ3v) is 8.71. The van der Waals surface area contributed by atoms with Crippen molar-refractivity contribution >= 4 is 8.53 Å². The fourth-order valence-corrected chi connectivity index (χ4v) is 6.70. The first-order valence-electron chi connectivity index (χ1n) is 13.6. The topological polar surface area (TPSA) is 77.8 Å². The van der Waals surface area contributed by atoms with Crippen LogP contribution in [-0.4, -0.2) is 34.5 Å². The summed E-state index contributed by atoms with van der Waals surface area (Å²) in [4.78, 5) is 11.5. The average Bonchev–Trinajstić information content (AvgIpc) is 2.92. The first kappa shape index (κ1) is 30.8. The highest BCUT2D eigenvalue weighted by Gasteiger charge is 2.46. The van der Waals surface area contributed by atoms with E-state index in [4.69, 9.17) is 9.26 Å². The fourth-order valence-electron chi connectivity index (χ4n) is 5.30. The van der Waals surface area contributed by atoms with Gasteiger partial charge in [0.2, 0.25) is 0 Å². The maximum Gasteiger partial charge on any atom is 0.258 e. The first-order chi connectivity index (χ1) is 18.7. The number of hydrogen-bond acceptors (Lipinski definition) is 6. The van der Waals surface area contributed by atoms with Crippen LogP contribution in [-0.2, 0) is 10.1 Å². The Labute approximate surface area is 235 Å². The van der Waals surface area contributed by atoms with E-state index in [2.05, 4.69) is 42.6 Å². The SMILES string of the molecule is CCCC(CC#N)(NC(c1ccccc1)(c1ccccc1)c1ccc(OC)cc1)OP(O)N(C(C)C)C(C)C. The molecule has 0 saturated carbocycles. The van der Waals surface area contributed by atoms with Gasteiger partial charge in [-0.3, -0.25) is 9.84 Å². The molecular weight excluding hydrogens is 505 g/mol. The van der Waals surface area contributed by atoms with Gasteiger partial charge in [-0.1, -0.05) is 86.1 Å². The van der Waals surface area contributed by atoms with Gasteiger partial charge in [-0.15, -0.1) is 0 Å². The van der Waals surface area contributed by atoms with E-state index in [1.165, 1.54) is 0 Å². The van der Waals surface area contributed by atoms with E-state index >= 15 is 0 Å². The van der Waals surface area contributed by atoms with Crippen LogP contribution in [0.15, 0.2) is 84.9 Å². The molecular formula is C32H42N3O3P. The van der Waals surface area contributed by atoms with Crippen molar-refractivity contribution in [2.75, 3.05) is 7.11 Å². The molecule has 2 atom stereocenters. The Morgan fingerprint density at radius 1 is 0.872 bits per heavy atom. The minimum absolute atomic E-state index is 0.0574. The van der Waals surface area contributed by atoms with Crippen LogP contribution in [0.1, 0.15) is 70.6 Å². The maximum absolute atomic E-state index is 11.5. The molecule has 6 nitrogen and oxygen atoms in total. The minimum atomic E-state index is -2.00. The minimum Gasteiger partial charge on any atom is -0.497 e. The van der Waals surface area contributed by atoms with Crippen LogP contribution >= 0.6 is 8.53 Å². The monoisotopic (exact) mass is 547 g/mol. The number of ether oxygens (including phenoxy) is 1. The van der Waals surface area contributed by atoms with E-state index in [1.54, 1.807) is 7.11 Å². The van der Waals surface area contributed by atoms with Crippen LogP contribution in [0.5, 0.6) is 5.75 Å². The van der Waals surface area contributed by atoms with E-state index < -0.39 is 19.8 Å². The molecule has 0 fully saturated rings. The van der Waals surface area contributed by atoms with Crippen molar-refractivity contribution in [3.63, 3.8) is 0 Å². The maximum atomic E-state index is 11.5. The molecule has 0 aliphatic rings. The predicted molar refractivity (Wildman–Crippen MR) is 159 cm³/mol. The lowest BCUT2D eigenvalue weighted by molar-refractivity contribution is -0.00272. The van der Waals surface area contributed by atoms with Crippen molar-refractivity contribution in [2.45, 2.75) is 77.2 Å². The molecule has 7 heteroatoms. The van der Waals surface area contributed by atoms with Gasteiger partial charge < -0.3 is 9.63 Å². The molecule has 0 bridgehead atoms. The number of benzene rings is 3. The highest BCUT2D eigenvalue weighted by molar-refractivity contribution is 7.43. The second-order valence-electron chi connectivity index (χ2n) is 10.3. The Morgan fingerprint density at radius 2 is 1.36 bits per heavy atom. The molecule has 0 aromatic heterocycles. The number of rotatable bonds is 14. The standard InChI is InChI=1S/C32H42N3O3P/c1-7-22-31(23-24-33,38-39(36)35(25(2)3)26(4)5)34-32(27-14-10-8-11-15-27,28-16-12-9-13-17-28)29-18-20-30(37-6)21-19-29/h8-21,25-26,34,36H,7,22-23H2,1-6H3. The Kier molecular flexibility index (Phi) is 11.1. The lowest BCUT2D eigenvalue weighted by Crippen LogP contribution is -2.58. The molecule has 3 aromatic rings. The molecule has 0 aliphatic heterocycles. The van der Waals surface area contributed by atoms with Gasteiger partial charge in [-0.2, -0.15) is 5.26 Å². The predicted octanol–water partition coefficient (Wildman–Crippen LogP) is 7.34. The van der Waals surface area contributed by atoms with Gasteiger partial charge in [0.1, 0.15) is 11.5 Å². The number of nitrogens with zero attached hydrogens (tertiary/aromatic N) is 2. The van der Waals surface area contributed by atoms with Crippen molar-refractivity contribution in [2.24, 2.45) is 0 Å². The van der Waals surface area contributed by atoms with E-state index in [9.17, 15) is 10.2 Å². The highest BCUT2D eigenvalue weighted by Crippen LogP contribution is 2.48. The van der Waals surface area contributed by atoms with Gasteiger partial charge in [-0.05, 0) is 62.9 Å². The van der Waals surface area contributed by atoms with Crippen LogP contribution in [0.2, 0.25) is 0 Å². The lowest BCUT2D eigenvalue weighted by Gasteiger charge is -2.47. The van der Waals surface area contributed by atoms with Crippen molar-refractivity contribution in [3.05, 3.63) is 102 Å². The zero-order chi connectivity index (χ0) is 28.5. The van der Waals surface area contributed by atoms with Gasteiger partial charge in [0.15, 0.2) is 0 Å². The Morgan fingerprint density at radius 3 is 1.77 bits per heavy atom. The fraction of sp³-hybridized carbons (Fsp3) is 0.406. The number of nitriles is 1. The summed E-state index contributed by atoms with van der Waals surface area (Å²) in [7, 11) is -0.348. The van der Waals surface area contributed by atoms with E-state index in [-0.39, 0.29) is 18.5 Å². The Hall–Kier alpha value is -2.78. The number of hydrogen-bond donors (Lipinski definition) is 2. The van der Waals surface area contributed by atoms with E-state index in [0.717, 1.165) is 28.9 Å². The molecule has 2 unspecified atom stereocenters. The molecule has 0 radical (unpaired) electrons. The third kappa shape index (κ3) is 7.06. The lowest BCUT2D eigenvalue weighted by atomic mass is 9.75. The van der Waals surface area contributed by atoms with E-state index in [0.29, 0.717) is 6.42 Å². The molecule has 0 saturated heterocycles. The first-order valence-corrected chi connectivity index (χ1v) is 14.8. The number of nitrogens with one attached hydrogen (secondary N) is 1. The zero-order valence-electron chi connectivity index (χ0n) is 24.0. The van der Waals surface area contributed by atoms with Crippen molar-refractivity contribution in [1.29, 1.82) is 5.26 Å². The number of methoxy groups -OCH3 is 1. The second-order valence-corrected chi connectivity index (χ2v) is 11.5. The summed E-state index contributed by atoms with van der Waals surface area (Å²) < 4.78 is 14.1. The summed E-state index contributed by atoms with van der Waals surface area (Å²) in [6, 6.07) is 30.9. The molecule has 0 aliphatic carbocycles. The molecule has 0 amide bonds. The molecule has 3 aromatic carbocycles. The molecule has 0 heterocycles. The molecule has 2 N–H and O–H groups in total. The molecule has 39 heavy (non-hydrogen) atoms. The van der Waals surface area contributed by atoms with Gasteiger partial charge >= 0.3 is 0 Å². The smallest absolute Gasteiger partial charge is 0.258 e. The van der Waals surface area contributed by atoms with Crippen LogP contribution in [0.4, 0.5) is 0 Å². The summed E-state index contributed by atoms with van der Waals surface area (Å²) in [5.74, 6) is 0.755. The largest absolute Gasteiger partial charge is 0.497 e. The average molecular weight is 548 g/mol. The van der Waals surface area contributed by atoms with Crippen LogP contribution in [0, 0.1) is 11.3 Å². The summed E-state index contributed by atoms with van der Waals surface area (Å²) >= 11 is 0. The quantitative estimate of drug-likeness (QED) is 0.125. The molecule has 0 spiro atoms. The van der Waals surface area contributed by atoms with Gasteiger partial charge in [0, 0.05) is 12.1 Å². The Balaban J connectivity index is 2.30. The van der Waals surface area contributed by atoms with Gasteiger partial charge in [0.25, 0.3) is 8.53 Å². The normalized spacial score (nSPS) is 14.3. The highest BCUT2D eigenvalue weighted by atomic mass is 31.2. The van der Waals surface area contributed by atoms with Crippen molar-refractivity contribution in [3.8, 4) is 11.8 Å². The summed E-state index contributed by atoms with van der Waals surface area (Å²) in [5.41, 5.74) is 0.926. The van der Waals surface area contributed by atoms with Gasteiger partial charge in [-0.25, -0.2) is 4.67 Å². The van der Waals surface area contributed by atoms with Crippen molar-refractivity contribution < 1.29 is 14.2 Å². The third-order valence-electron chi connectivity index (χ3n) is 6.88.